The molecule has 1 aromatic heterocycles. The summed E-state index contributed by atoms with van der Waals surface area (Å²) < 4.78 is 7.29. The fourth-order valence-electron chi connectivity index (χ4n) is 3.52. The van der Waals surface area contributed by atoms with Crippen LogP contribution >= 0.6 is 0 Å². The number of likely N-dealkylation sites (N-methyl/N-ethyl adjacent to an activating group) is 1. The fraction of sp³-hybridized carbons (Fsp3) is 0.500. The number of hydrogen-bond donors (Lipinski definition) is 0. The fourth-order valence-corrected chi connectivity index (χ4v) is 3.52. The quantitative estimate of drug-likeness (QED) is 0.765. The van der Waals surface area contributed by atoms with Gasteiger partial charge in [0.2, 0.25) is 5.91 Å². The van der Waals surface area contributed by atoms with E-state index in [0.717, 1.165) is 49.4 Å². The Morgan fingerprint density at radius 1 is 1.31 bits per heavy atom. The maximum Gasteiger partial charge on any atom is 0.239 e. The van der Waals surface area contributed by atoms with Gasteiger partial charge in [-0.25, -0.2) is 4.68 Å². The molecule has 140 valence electrons. The summed E-state index contributed by atoms with van der Waals surface area (Å²) in [4.78, 5) is 16.9. The van der Waals surface area contributed by atoms with Crippen LogP contribution in [0.4, 0.5) is 0 Å². The van der Waals surface area contributed by atoms with Gasteiger partial charge in [0.15, 0.2) is 0 Å². The first kappa shape index (κ1) is 18.5. The number of piperazine rings is 1. The monoisotopic (exact) mass is 356 g/mol. The average Bonchev–Trinajstić information content (AvgIpc) is 3.19. The standard InChI is InChI=1S/C20H28N4O2/c1-4-5-7-19-20(25)22(2)12-13-23(19)15-16-14-17(26-3)8-9-18(16)24-11-6-10-21-24/h6,8-11,14,19H,4-5,7,12-13,15H2,1-3H3. The van der Waals surface area contributed by atoms with Crippen molar-refractivity contribution in [2.45, 2.75) is 38.8 Å². The molecule has 0 spiro atoms. The Labute approximate surface area is 155 Å². The third-order valence-electron chi connectivity index (χ3n) is 5.07. The first-order chi connectivity index (χ1) is 12.6. The molecular weight excluding hydrogens is 328 g/mol. The van der Waals surface area contributed by atoms with Crippen LogP contribution in [0.3, 0.4) is 0 Å². The molecule has 1 aliphatic rings. The number of hydrogen-bond acceptors (Lipinski definition) is 4. The van der Waals surface area contributed by atoms with Crippen molar-refractivity contribution in [2.24, 2.45) is 0 Å². The van der Waals surface area contributed by atoms with Gasteiger partial charge in [0.25, 0.3) is 0 Å². The summed E-state index contributed by atoms with van der Waals surface area (Å²) in [5.74, 6) is 1.05. The molecule has 1 atom stereocenters. The molecule has 0 saturated carbocycles. The van der Waals surface area contributed by atoms with Gasteiger partial charge in [-0.3, -0.25) is 9.69 Å². The highest BCUT2D eigenvalue weighted by atomic mass is 16.5. The number of carbonyl (C=O) groups is 1. The molecular formula is C20H28N4O2. The molecule has 3 rings (SSSR count). The summed E-state index contributed by atoms with van der Waals surface area (Å²) >= 11 is 0. The van der Waals surface area contributed by atoms with Gasteiger partial charge >= 0.3 is 0 Å². The van der Waals surface area contributed by atoms with E-state index in [-0.39, 0.29) is 11.9 Å². The summed E-state index contributed by atoms with van der Waals surface area (Å²) in [6, 6.07) is 7.89. The van der Waals surface area contributed by atoms with Crippen molar-refractivity contribution in [3.8, 4) is 11.4 Å². The SMILES string of the molecule is CCCCC1C(=O)N(C)CCN1Cc1cc(OC)ccc1-n1cccn1. The molecule has 0 bridgehead atoms. The lowest BCUT2D eigenvalue weighted by molar-refractivity contribution is -0.140. The number of amides is 1. The van der Waals surface area contributed by atoms with Crippen LogP contribution in [0.5, 0.6) is 5.75 Å². The third-order valence-corrected chi connectivity index (χ3v) is 5.07. The van der Waals surface area contributed by atoms with Crippen molar-refractivity contribution in [1.82, 2.24) is 19.6 Å². The number of carbonyl (C=O) groups excluding carboxylic acids is 1. The summed E-state index contributed by atoms with van der Waals surface area (Å²) in [6.45, 7) is 4.52. The van der Waals surface area contributed by atoms with Crippen molar-refractivity contribution in [3.05, 3.63) is 42.2 Å². The van der Waals surface area contributed by atoms with Gasteiger partial charge in [-0.05, 0) is 36.2 Å². The minimum absolute atomic E-state index is 0.0506. The summed E-state index contributed by atoms with van der Waals surface area (Å²) in [5, 5.41) is 4.37. The van der Waals surface area contributed by atoms with E-state index < -0.39 is 0 Å². The Morgan fingerprint density at radius 3 is 2.85 bits per heavy atom. The van der Waals surface area contributed by atoms with Gasteiger partial charge in [0, 0.05) is 39.1 Å². The van der Waals surface area contributed by atoms with Crippen LogP contribution in [-0.2, 0) is 11.3 Å². The highest BCUT2D eigenvalue weighted by molar-refractivity contribution is 5.82. The lowest BCUT2D eigenvalue weighted by Gasteiger charge is -2.39. The molecule has 6 nitrogen and oxygen atoms in total. The minimum Gasteiger partial charge on any atom is -0.497 e. The number of methoxy groups -OCH3 is 1. The molecule has 0 N–H and O–H groups in total. The second-order valence-corrected chi connectivity index (χ2v) is 6.83. The number of nitrogens with zero attached hydrogens (tertiary/aromatic N) is 4. The van der Waals surface area contributed by atoms with E-state index >= 15 is 0 Å². The van der Waals surface area contributed by atoms with E-state index in [0.29, 0.717) is 6.54 Å². The molecule has 0 radical (unpaired) electrons. The normalized spacial score (nSPS) is 18.3. The topological polar surface area (TPSA) is 50.6 Å². The number of ether oxygens (including phenoxy) is 1. The van der Waals surface area contributed by atoms with Gasteiger partial charge in [-0.1, -0.05) is 19.8 Å². The van der Waals surface area contributed by atoms with Gasteiger partial charge in [0.05, 0.1) is 18.8 Å². The zero-order chi connectivity index (χ0) is 18.5. The molecule has 0 aliphatic carbocycles. The van der Waals surface area contributed by atoms with E-state index in [2.05, 4.69) is 23.0 Å². The van der Waals surface area contributed by atoms with Gasteiger partial charge in [0.1, 0.15) is 5.75 Å². The molecule has 2 heterocycles. The van der Waals surface area contributed by atoms with Crippen LogP contribution in [-0.4, -0.2) is 58.8 Å². The van der Waals surface area contributed by atoms with Crippen LogP contribution in [0, 0.1) is 0 Å². The summed E-state index contributed by atoms with van der Waals surface area (Å²) in [7, 11) is 3.58. The highest BCUT2D eigenvalue weighted by Crippen LogP contribution is 2.25. The molecule has 1 saturated heterocycles. The van der Waals surface area contributed by atoms with Gasteiger partial charge in [-0.15, -0.1) is 0 Å². The van der Waals surface area contributed by atoms with Crippen LogP contribution < -0.4 is 4.74 Å². The summed E-state index contributed by atoms with van der Waals surface area (Å²) in [5.41, 5.74) is 2.14. The minimum atomic E-state index is -0.0506. The van der Waals surface area contributed by atoms with Crippen LogP contribution in [0.25, 0.3) is 5.69 Å². The van der Waals surface area contributed by atoms with Crippen molar-refractivity contribution >= 4 is 5.91 Å². The predicted molar refractivity (Wildman–Crippen MR) is 101 cm³/mol. The number of rotatable bonds is 7. The maximum atomic E-state index is 12.7. The number of unbranched alkanes of at least 4 members (excludes halogenated alkanes) is 1. The molecule has 2 aromatic rings. The lowest BCUT2D eigenvalue weighted by atomic mass is 10.0. The molecule has 6 heteroatoms. The molecule has 1 fully saturated rings. The average molecular weight is 356 g/mol. The zero-order valence-electron chi connectivity index (χ0n) is 15.9. The molecule has 1 unspecified atom stereocenters. The van der Waals surface area contributed by atoms with E-state index in [1.807, 2.05) is 41.0 Å². The Morgan fingerprint density at radius 2 is 2.15 bits per heavy atom. The maximum absolute atomic E-state index is 12.7. The second kappa shape index (κ2) is 8.36. The Kier molecular flexibility index (Phi) is 5.93. The van der Waals surface area contributed by atoms with Crippen molar-refractivity contribution < 1.29 is 9.53 Å². The second-order valence-electron chi connectivity index (χ2n) is 6.83. The molecule has 1 amide bonds. The number of aromatic nitrogens is 2. The highest BCUT2D eigenvalue weighted by Gasteiger charge is 2.32. The van der Waals surface area contributed by atoms with E-state index in [4.69, 9.17) is 4.74 Å². The lowest BCUT2D eigenvalue weighted by Crippen LogP contribution is -2.55. The van der Waals surface area contributed by atoms with Crippen LogP contribution in [0.15, 0.2) is 36.7 Å². The van der Waals surface area contributed by atoms with E-state index in [1.54, 1.807) is 13.3 Å². The largest absolute Gasteiger partial charge is 0.497 e. The summed E-state index contributed by atoms with van der Waals surface area (Å²) in [6.07, 6.45) is 6.77. The third kappa shape index (κ3) is 3.90. The van der Waals surface area contributed by atoms with Crippen LogP contribution in [0.1, 0.15) is 31.7 Å². The first-order valence-corrected chi connectivity index (χ1v) is 9.30. The Hall–Kier alpha value is -2.34. The molecule has 1 aliphatic heterocycles. The van der Waals surface area contributed by atoms with Gasteiger partial charge in [-0.2, -0.15) is 5.10 Å². The van der Waals surface area contributed by atoms with Gasteiger partial charge < -0.3 is 9.64 Å². The van der Waals surface area contributed by atoms with Crippen molar-refractivity contribution in [2.75, 3.05) is 27.2 Å². The number of benzene rings is 1. The van der Waals surface area contributed by atoms with E-state index in [9.17, 15) is 4.79 Å². The smallest absolute Gasteiger partial charge is 0.239 e. The van der Waals surface area contributed by atoms with E-state index in [1.165, 1.54) is 0 Å². The van der Waals surface area contributed by atoms with Crippen molar-refractivity contribution in [3.63, 3.8) is 0 Å². The Balaban J connectivity index is 1.89. The Bertz CT molecular complexity index is 729. The van der Waals surface area contributed by atoms with Crippen molar-refractivity contribution in [1.29, 1.82) is 0 Å². The zero-order valence-corrected chi connectivity index (χ0v) is 15.9. The van der Waals surface area contributed by atoms with Crippen LogP contribution in [0.2, 0.25) is 0 Å². The first-order valence-electron chi connectivity index (χ1n) is 9.30. The molecule has 26 heavy (non-hydrogen) atoms. The predicted octanol–water partition coefficient (Wildman–Crippen LogP) is 2.71. The molecule has 1 aromatic carbocycles.